The fourth-order valence-corrected chi connectivity index (χ4v) is 2.42. The summed E-state index contributed by atoms with van der Waals surface area (Å²) in [4.78, 5) is 19.4. The fourth-order valence-electron chi connectivity index (χ4n) is 1.74. The lowest BCUT2D eigenvalue weighted by molar-refractivity contribution is -0.113. The van der Waals surface area contributed by atoms with Crippen LogP contribution >= 0.6 is 11.8 Å². The molecule has 0 radical (unpaired) electrons. The highest BCUT2D eigenvalue weighted by atomic mass is 32.2. The summed E-state index contributed by atoms with van der Waals surface area (Å²) in [6.45, 7) is 3.90. The zero-order valence-electron chi connectivity index (χ0n) is 11.5. The Balaban J connectivity index is 1.96. The van der Waals surface area contributed by atoms with E-state index in [1.807, 2.05) is 56.3 Å². The van der Waals surface area contributed by atoms with Crippen LogP contribution in [0.4, 0.5) is 5.69 Å². The van der Waals surface area contributed by atoms with Gasteiger partial charge in [-0.1, -0.05) is 42.1 Å². The van der Waals surface area contributed by atoms with Gasteiger partial charge in [-0.25, -0.2) is 4.98 Å². The monoisotopic (exact) mass is 287 g/mol. The van der Waals surface area contributed by atoms with Crippen molar-refractivity contribution in [1.29, 1.82) is 0 Å². The maximum Gasteiger partial charge on any atom is 0.234 e. The number of nitrogens with one attached hydrogen (secondary N) is 2. The van der Waals surface area contributed by atoms with Crippen LogP contribution in [0.5, 0.6) is 0 Å². The summed E-state index contributed by atoms with van der Waals surface area (Å²) in [7, 11) is 0. The molecule has 2 rings (SSSR count). The molecule has 0 aliphatic heterocycles. The fraction of sp³-hybridized carbons (Fsp3) is 0.200. The van der Waals surface area contributed by atoms with E-state index in [9.17, 15) is 4.79 Å². The Hall–Kier alpha value is -2.01. The van der Waals surface area contributed by atoms with E-state index in [0.717, 1.165) is 21.5 Å². The molecule has 0 spiro atoms. The highest BCUT2D eigenvalue weighted by Crippen LogP contribution is 2.11. The van der Waals surface area contributed by atoms with Crippen molar-refractivity contribution >= 4 is 35.5 Å². The quantitative estimate of drug-likeness (QED) is 0.842. The topological polar surface area (TPSA) is 57.8 Å². The highest BCUT2D eigenvalue weighted by molar-refractivity contribution is 7.99. The minimum absolute atomic E-state index is 0.0401. The zero-order chi connectivity index (χ0) is 14.4. The van der Waals surface area contributed by atoms with Gasteiger partial charge in [0.1, 0.15) is 0 Å². The van der Waals surface area contributed by atoms with Gasteiger partial charge in [-0.05, 0) is 26.0 Å². The first-order chi connectivity index (χ1) is 9.72. The van der Waals surface area contributed by atoms with Crippen LogP contribution in [0.2, 0.25) is 0 Å². The molecule has 1 aromatic heterocycles. The Kier molecular flexibility index (Phi) is 5.01. The summed E-state index contributed by atoms with van der Waals surface area (Å²) in [6.07, 6.45) is 3.91. The van der Waals surface area contributed by atoms with Gasteiger partial charge < -0.3 is 10.3 Å². The Morgan fingerprint density at radius 3 is 2.65 bits per heavy atom. The second kappa shape index (κ2) is 6.96. The average molecular weight is 287 g/mol. The zero-order valence-corrected chi connectivity index (χ0v) is 12.3. The van der Waals surface area contributed by atoms with Crippen molar-refractivity contribution in [3.05, 3.63) is 41.0 Å². The molecule has 2 N–H and O–H groups in total. The van der Waals surface area contributed by atoms with Gasteiger partial charge in [0.05, 0.1) is 16.5 Å². The lowest BCUT2D eigenvalue weighted by atomic mass is 10.3. The van der Waals surface area contributed by atoms with E-state index in [1.54, 1.807) is 0 Å². The van der Waals surface area contributed by atoms with Gasteiger partial charge in [0, 0.05) is 5.69 Å². The maximum atomic E-state index is 11.8. The Bertz CT molecular complexity index is 660. The molecular formula is C15H17N3OS. The summed E-state index contributed by atoms with van der Waals surface area (Å²) in [5, 5.41) is 5.50. The molecule has 5 heteroatoms. The molecule has 0 fully saturated rings. The number of amides is 1. The molecule has 4 nitrogen and oxygen atoms in total. The molecule has 1 heterocycles. The highest BCUT2D eigenvalue weighted by Gasteiger charge is 2.05. The summed E-state index contributed by atoms with van der Waals surface area (Å²) in [5.74, 6) is 0.288. The first-order valence-electron chi connectivity index (χ1n) is 6.39. The standard InChI is InChI=1S/C15H17N3OS/c1-3-12-13(4-2)18-15(17-12)20-10-14(19)16-11-8-6-5-7-9-11/h3-9H,10H2,1-2H3,(H,16,19)(H,17,18)/b12-3+,13-4+. The number of benzene rings is 1. The van der Waals surface area contributed by atoms with Crippen LogP contribution in [0.15, 0.2) is 35.5 Å². The number of thioether (sulfide) groups is 1. The summed E-state index contributed by atoms with van der Waals surface area (Å²) in [5.41, 5.74) is 0.808. The lowest BCUT2D eigenvalue weighted by Crippen LogP contribution is -2.23. The third kappa shape index (κ3) is 3.74. The van der Waals surface area contributed by atoms with Crippen molar-refractivity contribution in [2.75, 3.05) is 11.1 Å². The van der Waals surface area contributed by atoms with Crippen molar-refractivity contribution in [1.82, 2.24) is 9.97 Å². The Morgan fingerprint density at radius 2 is 2.05 bits per heavy atom. The predicted octanol–water partition coefficient (Wildman–Crippen LogP) is 1.74. The summed E-state index contributed by atoms with van der Waals surface area (Å²) >= 11 is 1.39. The number of aromatic amines is 1. The molecule has 0 bridgehead atoms. The number of anilines is 1. The normalized spacial score (nSPS) is 12.7. The van der Waals surface area contributed by atoms with Gasteiger partial charge in [0.15, 0.2) is 5.16 Å². The molecule has 0 saturated carbocycles. The van der Waals surface area contributed by atoms with E-state index in [-0.39, 0.29) is 5.91 Å². The number of imidazole rings is 1. The number of nitrogens with zero attached hydrogens (tertiary/aromatic N) is 1. The van der Waals surface area contributed by atoms with Crippen molar-refractivity contribution in [2.45, 2.75) is 19.0 Å². The van der Waals surface area contributed by atoms with E-state index < -0.39 is 0 Å². The van der Waals surface area contributed by atoms with Crippen LogP contribution in [0.3, 0.4) is 0 Å². The molecule has 0 aliphatic carbocycles. The number of aromatic nitrogens is 2. The molecule has 2 aromatic rings. The van der Waals surface area contributed by atoms with Gasteiger partial charge in [-0.3, -0.25) is 4.79 Å². The van der Waals surface area contributed by atoms with Crippen molar-refractivity contribution in [3.63, 3.8) is 0 Å². The predicted molar refractivity (Wildman–Crippen MR) is 83.9 cm³/mol. The van der Waals surface area contributed by atoms with Crippen LogP contribution in [-0.2, 0) is 4.79 Å². The molecule has 1 aromatic carbocycles. The van der Waals surface area contributed by atoms with Crippen LogP contribution in [0.25, 0.3) is 12.2 Å². The minimum Gasteiger partial charge on any atom is -0.333 e. The molecule has 104 valence electrons. The van der Waals surface area contributed by atoms with Gasteiger partial charge in [0.2, 0.25) is 5.91 Å². The SMILES string of the molecule is C/C=c1/nc(SCC(=O)Nc2ccccc2)[nH]/c1=C/C. The second-order valence-corrected chi connectivity index (χ2v) is 5.09. The molecular weight excluding hydrogens is 270 g/mol. The first kappa shape index (κ1) is 14.4. The third-order valence-corrected chi connectivity index (χ3v) is 3.57. The van der Waals surface area contributed by atoms with E-state index in [4.69, 9.17) is 0 Å². The molecule has 0 unspecified atom stereocenters. The van der Waals surface area contributed by atoms with Crippen molar-refractivity contribution < 1.29 is 4.79 Å². The van der Waals surface area contributed by atoms with Gasteiger partial charge in [-0.15, -0.1) is 0 Å². The average Bonchev–Trinajstić information content (AvgIpc) is 2.88. The van der Waals surface area contributed by atoms with Crippen molar-refractivity contribution in [3.8, 4) is 0 Å². The number of rotatable bonds is 4. The molecule has 0 atom stereocenters. The lowest BCUT2D eigenvalue weighted by Gasteiger charge is -2.03. The van der Waals surface area contributed by atoms with Gasteiger partial charge in [-0.2, -0.15) is 0 Å². The minimum atomic E-state index is -0.0401. The number of para-hydroxylation sites is 1. The van der Waals surface area contributed by atoms with Gasteiger partial charge in [0.25, 0.3) is 0 Å². The Morgan fingerprint density at radius 1 is 1.30 bits per heavy atom. The van der Waals surface area contributed by atoms with E-state index in [1.165, 1.54) is 11.8 Å². The summed E-state index contributed by atoms with van der Waals surface area (Å²) < 4.78 is 0. The van der Waals surface area contributed by atoms with E-state index >= 15 is 0 Å². The van der Waals surface area contributed by atoms with E-state index in [2.05, 4.69) is 15.3 Å². The summed E-state index contributed by atoms with van der Waals surface area (Å²) in [6, 6.07) is 9.43. The number of carbonyl (C=O) groups is 1. The van der Waals surface area contributed by atoms with Crippen LogP contribution in [-0.4, -0.2) is 21.6 Å². The van der Waals surface area contributed by atoms with Crippen molar-refractivity contribution in [2.24, 2.45) is 0 Å². The molecule has 0 saturated heterocycles. The smallest absolute Gasteiger partial charge is 0.234 e. The number of hydrogen-bond acceptors (Lipinski definition) is 3. The second-order valence-electron chi connectivity index (χ2n) is 4.12. The van der Waals surface area contributed by atoms with Crippen LogP contribution < -0.4 is 16.0 Å². The largest absolute Gasteiger partial charge is 0.333 e. The Labute approximate surface area is 122 Å². The number of hydrogen-bond donors (Lipinski definition) is 2. The maximum absolute atomic E-state index is 11.8. The molecule has 0 aliphatic rings. The third-order valence-electron chi connectivity index (χ3n) is 2.70. The number of carbonyl (C=O) groups excluding carboxylic acids is 1. The van der Waals surface area contributed by atoms with E-state index in [0.29, 0.717) is 5.75 Å². The first-order valence-corrected chi connectivity index (χ1v) is 7.38. The van der Waals surface area contributed by atoms with Crippen LogP contribution in [0.1, 0.15) is 13.8 Å². The number of H-pyrrole nitrogens is 1. The van der Waals surface area contributed by atoms with Gasteiger partial charge >= 0.3 is 0 Å². The van der Waals surface area contributed by atoms with Crippen LogP contribution in [0, 0.1) is 0 Å². The molecule has 1 amide bonds. The molecule has 20 heavy (non-hydrogen) atoms.